The zero-order valence-corrected chi connectivity index (χ0v) is 16.0. The Balaban J connectivity index is 1.64. The van der Waals surface area contributed by atoms with E-state index in [2.05, 4.69) is 0 Å². The van der Waals surface area contributed by atoms with Gasteiger partial charge in [-0.05, 0) is 48.5 Å². The molecule has 1 aromatic heterocycles. The maximum Gasteiger partial charge on any atom is 0.298 e. The molecule has 0 bridgehead atoms. The molecule has 3 aromatic rings. The van der Waals surface area contributed by atoms with Gasteiger partial charge in [-0.15, -0.1) is 0 Å². The fourth-order valence-corrected chi connectivity index (χ4v) is 3.78. The molecule has 0 unspecified atom stereocenters. The standard InChI is InChI=1S/C21H14N2O5S/c1-13-7-8-15(23(26)27)11-17(13)18-10-9-16(28-18)12-19-20(24)22(21(25)29-19)14-5-3-2-4-6-14/h2-12H,1H3/b19-12-. The van der Waals surface area contributed by atoms with Gasteiger partial charge in [0.1, 0.15) is 11.5 Å². The molecule has 7 nitrogen and oxygen atoms in total. The average Bonchev–Trinajstić information content (AvgIpc) is 3.27. The molecular weight excluding hydrogens is 392 g/mol. The number of para-hydroxylation sites is 1. The summed E-state index contributed by atoms with van der Waals surface area (Å²) in [7, 11) is 0. The molecule has 8 heteroatoms. The van der Waals surface area contributed by atoms with Gasteiger partial charge >= 0.3 is 0 Å². The first-order valence-corrected chi connectivity index (χ1v) is 9.44. The van der Waals surface area contributed by atoms with Crippen LogP contribution in [0.15, 0.2) is 70.0 Å². The number of thioether (sulfide) groups is 1. The molecule has 0 radical (unpaired) electrons. The van der Waals surface area contributed by atoms with Gasteiger partial charge in [-0.2, -0.15) is 0 Å². The topological polar surface area (TPSA) is 93.7 Å². The van der Waals surface area contributed by atoms with Crippen LogP contribution in [0.2, 0.25) is 0 Å². The van der Waals surface area contributed by atoms with Gasteiger partial charge in [0, 0.05) is 23.8 Å². The summed E-state index contributed by atoms with van der Waals surface area (Å²) < 4.78 is 5.78. The highest BCUT2D eigenvalue weighted by atomic mass is 32.2. The second-order valence-electron chi connectivity index (χ2n) is 6.31. The third-order valence-corrected chi connectivity index (χ3v) is 5.28. The minimum Gasteiger partial charge on any atom is -0.457 e. The molecule has 0 N–H and O–H groups in total. The van der Waals surface area contributed by atoms with Crippen LogP contribution >= 0.6 is 11.8 Å². The summed E-state index contributed by atoms with van der Waals surface area (Å²) in [6, 6.07) is 16.6. The van der Waals surface area contributed by atoms with Gasteiger partial charge in [-0.1, -0.05) is 24.3 Å². The number of rotatable bonds is 4. The number of imide groups is 1. The summed E-state index contributed by atoms with van der Waals surface area (Å²) in [6.07, 6.45) is 1.50. The van der Waals surface area contributed by atoms with Crippen molar-refractivity contribution in [2.75, 3.05) is 4.90 Å². The van der Waals surface area contributed by atoms with Crippen LogP contribution in [0, 0.1) is 17.0 Å². The van der Waals surface area contributed by atoms with Crippen molar-refractivity contribution in [2.24, 2.45) is 0 Å². The van der Waals surface area contributed by atoms with Gasteiger partial charge in [0.05, 0.1) is 15.5 Å². The summed E-state index contributed by atoms with van der Waals surface area (Å²) in [5, 5.41) is 10.7. The number of carbonyl (C=O) groups is 2. The van der Waals surface area contributed by atoms with Crippen molar-refractivity contribution in [1.29, 1.82) is 0 Å². The lowest BCUT2D eigenvalue weighted by Crippen LogP contribution is -2.27. The Labute approximate surface area is 169 Å². The molecular formula is C21H14N2O5S. The van der Waals surface area contributed by atoms with Crippen LogP contribution in [0.1, 0.15) is 11.3 Å². The van der Waals surface area contributed by atoms with Crippen LogP contribution in [0.3, 0.4) is 0 Å². The fraction of sp³-hybridized carbons (Fsp3) is 0.0476. The normalized spacial score (nSPS) is 15.3. The summed E-state index contributed by atoms with van der Waals surface area (Å²) in [5.41, 5.74) is 1.88. The summed E-state index contributed by atoms with van der Waals surface area (Å²) in [6.45, 7) is 1.83. The van der Waals surface area contributed by atoms with Crippen molar-refractivity contribution >= 4 is 40.4 Å². The van der Waals surface area contributed by atoms with Gasteiger partial charge in [0.25, 0.3) is 16.8 Å². The number of nitro benzene ring substituents is 1. The highest BCUT2D eigenvalue weighted by Crippen LogP contribution is 2.36. The van der Waals surface area contributed by atoms with Gasteiger partial charge in [0.15, 0.2) is 0 Å². The van der Waals surface area contributed by atoms with E-state index in [0.717, 1.165) is 22.2 Å². The zero-order chi connectivity index (χ0) is 20.5. The molecule has 1 saturated heterocycles. The number of hydrogen-bond donors (Lipinski definition) is 0. The van der Waals surface area contributed by atoms with Crippen molar-refractivity contribution in [3.05, 3.63) is 87.0 Å². The maximum absolute atomic E-state index is 12.7. The maximum atomic E-state index is 12.7. The van der Waals surface area contributed by atoms with Crippen LogP contribution in [0.4, 0.5) is 16.2 Å². The molecule has 1 fully saturated rings. The Morgan fingerprint density at radius 1 is 1.07 bits per heavy atom. The Morgan fingerprint density at radius 3 is 2.55 bits per heavy atom. The van der Waals surface area contributed by atoms with Gasteiger partial charge in [-0.25, -0.2) is 4.90 Å². The predicted octanol–water partition coefficient (Wildman–Crippen LogP) is 5.40. The van der Waals surface area contributed by atoms with E-state index in [1.54, 1.807) is 48.5 Å². The number of hydrogen-bond acceptors (Lipinski definition) is 6. The number of amides is 2. The Kier molecular flexibility index (Phi) is 4.77. The molecule has 1 aliphatic rings. The van der Waals surface area contributed by atoms with E-state index in [-0.39, 0.29) is 15.8 Å². The first-order valence-electron chi connectivity index (χ1n) is 8.62. The average molecular weight is 406 g/mol. The molecule has 0 saturated carbocycles. The number of carbonyl (C=O) groups excluding carboxylic acids is 2. The van der Waals surface area contributed by atoms with E-state index in [1.807, 2.05) is 6.92 Å². The van der Waals surface area contributed by atoms with E-state index in [9.17, 15) is 19.7 Å². The number of nitro groups is 1. The van der Waals surface area contributed by atoms with Gasteiger partial charge < -0.3 is 4.42 Å². The van der Waals surface area contributed by atoms with E-state index in [1.165, 1.54) is 18.2 Å². The number of benzene rings is 2. The molecule has 0 aliphatic carbocycles. The molecule has 0 spiro atoms. The molecule has 1 aliphatic heterocycles. The third-order valence-electron chi connectivity index (χ3n) is 4.41. The van der Waals surface area contributed by atoms with E-state index in [4.69, 9.17) is 4.42 Å². The van der Waals surface area contributed by atoms with Crippen LogP contribution in [0.5, 0.6) is 0 Å². The van der Waals surface area contributed by atoms with Crippen molar-refractivity contribution < 1.29 is 18.9 Å². The second-order valence-corrected chi connectivity index (χ2v) is 7.30. The quantitative estimate of drug-likeness (QED) is 0.327. The molecule has 29 heavy (non-hydrogen) atoms. The lowest BCUT2D eigenvalue weighted by Gasteiger charge is -2.11. The lowest BCUT2D eigenvalue weighted by molar-refractivity contribution is -0.384. The third kappa shape index (κ3) is 3.57. The summed E-state index contributed by atoms with van der Waals surface area (Å²) in [4.78, 5) is 36.9. The number of nitrogens with zero attached hydrogens (tertiary/aromatic N) is 2. The number of non-ortho nitro benzene ring substituents is 1. The monoisotopic (exact) mass is 406 g/mol. The Bertz CT molecular complexity index is 1170. The molecule has 2 heterocycles. The van der Waals surface area contributed by atoms with Crippen LogP contribution in [-0.2, 0) is 4.79 Å². The van der Waals surface area contributed by atoms with Gasteiger partial charge in [0.2, 0.25) is 0 Å². The fourth-order valence-electron chi connectivity index (χ4n) is 2.96. The minimum absolute atomic E-state index is 0.0347. The summed E-state index contributed by atoms with van der Waals surface area (Å²) in [5.74, 6) is 0.403. The molecule has 4 rings (SSSR count). The highest BCUT2D eigenvalue weighted by molar-refractivity contribution is 8.19. The molecule has 2 aromatic carbocycles. The first-order chi connectivity index (χ1) is 13.9. The minimum atomic E-state index is -0.466. The first kappa shape index (κ1) is 18.7. The second kappa shape index (κ2) is 7.40. The predicted molar refractivity (Wildman–Crippen MR) is 110 cm³/mol. The number of aryl methyl sites for hydroxylation is 1. The van der Waals surface area contributed by atoms with Crippen molar-refractivity contribution in [1.82, 2.24) is 0 Å². The number of anilines is 1. The van der Waals surface area contributed by atoms with E-state index < -0.39 is 10.8 Å². The largest absolute Gasteiger partial charge is 0.457 e. The molecule has 0 atom stereocenters. The summed E-state index contributed by atoms with van der Waals surface area (Å²) >= 11 is 0.835. The van der Waals surface area contributed by atoms with E-state index >= 15 is 0 Å². The van der Waals surface area contributed by atoms with Crippen LogP contribution in [0.25, 0.3) is 17.4 Å². The van der Waals surface area contributed by atoms with Crippen LogP contribution in [-0.4, -0.2) is 16.1 Å². The van der Waals surface area contributed by atoms with Crippen molar-refractivity contribution in [3.8, 4) is 11.3 Å². The van der Waals surface area contributed by atoms with E-state index in [0.29, 0.717) is 22.8 Å². The smallest absolute Gasteiger partial charge is 0.298 e. The van der Waals surface area contributed by atoms with Crippen LogP contribution < -0.4 is 4.90 Å². The van der Waals surface area contributed by atoms with Crippen molar-refractivity contribution in [3.63, 3.8) is 0 Å². The highest BCUT2D eigenvalue weighted by Gasteiger charge is 2.36. The molecule has 144 valence electrons. The lowest BCUT2D eigenvalue weighted by atomic mass is 10.1. The number of furan rings is 1. The Hall–Kier alpha value is -3.65. The Morgan fingerprint density at radius 2 is 1.83 bits per heavy atom. The van der Waals surface area contributed by atoms with Crippen molar-refractivity contribution in [2.45, 2.75) is 6.92 Å². The van der Waals surface area contributed by atoms with Gasteiger partial charge in [-0.3, -0.25) is 19.7 Å². The zero-order valence-electron chi connectivity index (χ0n) is 15.2. The molecule has 2 amide bonds. The SMILES string of the molecule is Cc1ccc([N+](=O)[O-])cc1-c1ccc(/C=C2\SC(=O)N(c3ccccc3)C2=O)o1.